The van der Waals surface area contributed by atoms with Crippen LogP contribution in [0.3, 0.4) is 0 Å². The van der Waals surface area contributed by atoms with Gasteiger partial charge in [-0.3, -0.25) is 0 Å². The molecule has 0 fully saturated rings. The zero-order valence-corrected chi connectivity index (χ0v) is 15.8. The van der Waals surface area contributed by atoms with E-state index in [0.717, 1.165) is 36.5 Å². The second kappa shape index (κ2) is 9.09. The molecule has 0 N–H and O–H groups in total. The summed E-state index contributed by atoms with van der Waals surface area (Å²) >= 11 is 0. The van der Waals surface area contributed by atoms with E-state index in [4.69, 9.17) is 4.74 Å². The van der Waals surface area contributed by atoms with E-state index >= 15 is 0 Å². The number of hydrogen-bond acceptors (Lipinski definition) is 3. The normalized spacial score (nSPS) is 12.3. The molecule has 0 spiro atoms. The average Bonchev–Trinajstić information content (AvgIpc) is 2.17. The van der Waals surface area contributed by atoms with Gasteiger partial charge < -0.3 is 4.74 Å². The molecule has 0 heterocycles. The van der Waals surface area contributed by atoms with Gasteiger partial charge in [0.05, 0.1) is 5.76 Å². The van der Waals surface area contributed by atoms with Gasteiger partial charge >= 0.3 is 0 Å². The van der Waals surface area contributed by atoms with Crippen LogP contribution in [0.4, 0.5) is 0 Å². The highest BCUT2D eigenvalue weighted by Gasteiger charge is 2.13. The molecular weight excluding hydrogens is 284 g/mol. The fourth-order valence-electron chi connectivity index (χ4n) is 1.78. The second-order valence-electron chi connectivity index (χ2n) is 7.38. The monoisotopic (exact) mass is 316 g/mol. The lowest BCUT2D eigenvalue weighted by Gasteiger charge is -2.22. The average molecular weight is 317 g/mol. The van der Waals surface area contributed by atoms with Crippen molar-refractivity contribution in [2.75, 3.05) is 11.5 Å². The van der Waals surface area contributed by atoms with E-state index < -0.39 is 0 Å². The van der Waals surface area contributed by atoms with Crippen LogP contribution in [-0.2, 0) is 4.74 Å². The molecule has 0 aliphatic carbocycles. The van der Waals surface area contributed by atoms with E-state index in [9.17, 15) is 0 Å². The first kappa shape index (κ1) is 20.0. The first-order valence-corrected chi connectivity index (χ1v) is 9.76. The van der Waals surface area contributed by atoms with Gasteiger partial charge in [0.1, 0.15) is 5.60 Å². The minimum Gasteiger partial charge on any atom is -0.493 e. The van der Waals surface area contributed by atoms with E-state index in [0.29, 0.717) is 5.41 Å². The summed E-state index contributed by atoms with van der Waals surface area (Å²) in [5.41, 5.74) is 1.60. The smallest absolute Gasteiger partial charge is 0.100 e. The van der Waals surface area contributed by atoms with Crippen LogP contribution in [0.15, 0.2) is 24.5 Å². The zero-order valence-electron chi connectivity index (χ0n) is 14.2. The molecule has 0 aliphatic heterocycles. The Morgan fingerprint density at radius 2 is 1.40 bits per heavy atom. The molecule has 20 heavy (non-hydrogen) atoms. The molecule has 3 heteroatoms. The van der Waals surface area contributed by atoms with Gasteiger partial charge in [-0.05, 0) is 39.0 Å². The van der Waals surface area contributed by atoms with E-state index in [1.54, 1.807) is 0 Å². The van der Waals surface area contributed by atoms with Crippen LogP contribution >= 0.6 is 21.6 Å². The highest BCUT2D eigenvalue weighted by molar-refractivity contribution is 8.76. The van der Waals surface area contributed by atoms with E-state index in [-0.39, 0.29) is 5.60 Å². The summed E-state index contributed by atoms with van der Waals surface area (Å²) in [6, 6.07) is 0. The SMILES string of the molecule is C=C(CCSSCCC(=C)OC(C)(C)C)CC(C)(C)C. The lowest BCUT2D eigenvalue weighted by Crippen LogP contribution is -2.18. The fourth-order valence-corrected chi connectivity index (χ4v) is 3.91. The van der Waals surface area contributed by atoms with Crippen LogP contribution in [-0.4, -0.2) is 17.1 Å². The molecule has 0 aromatic carbocycles. The van der Waals surface area contributed by atoms with Crippen LogP contribution in [0, 0.1) is 5.41 Å². The summed E-state index contributed by atoms with van der Waals surface area (Å²) in [4.78, 5) is 0. The van der Waals surface area contributed by atoms with E-state index in [1.807, 2.05) is 21.6 Å². The first-order chi connectivity index (χ1) is 8.99. The van der Waals surface area contributed by atoms with E-state index in [2.05, 4.69) is 54.7 Å². The lowest BCUT2D eigenvalue weighted by molar-refractivity contribution is 0.0494. The van der Waals surface area contributed by atoms with Crippen molar-refractivity contribution in [2.45, 2.75) is 66.4 Å². The molecule has 0 saturated carbocycles. The van der Waals surface area contributed by atoms with Crippen molar-refractivity contribution in [3.05, 3.63) is 24.5 Å². The van der Waals surface area contributed by atoms with E-state index in [1.165, 1.54) is 5.57 Å². The fraction of sp³-hybridized carbons (Fsp3) is 0.765. The van der Waals surface area contributed by atoms with Gasteiger partial charge in [0, 0.05) is 17.9 Å². The van der Waals surface area contributed by atoms with Crippen LogP contribution in [0.2, 0.25) is 0 Å². The standard InChI is InChI=1S/C17H32OS2/c1-14(13-16(3,4)5)9-11-19-20-12-10-15(2)18-17(6,7)8/h1-2,9-13H2,3-8H3. The maximum atomic E-state index is 5.71. The van der Waals surface area contributed by atoms with Gasteiger partial charge in [-0.1, -0.05) is 61.1 Å². The summed E-state index contributed by atoms with van der Waals surface area (Å²) in [6.45, 7) is 21.1. The number of allylic oxidation sites excluding steroid dienone is 2. The van der Waals surface area contributed by atoms with Gasteiger partial charge in [-0.15, -0.1) is 0 Å². The Bertz CT molecular complexity index is 276. The maximum absolute atomic E-state index is 5.71. The van der Waals surface area contributed by atoms with Crippen molar-refractivity contribution in [1.29, 1.82) is 0 Å². The molecule has 0 radical (unpaired) electrons. The molecule has 0 rings (SSSR count). The largest absolute Gasteiger partial charge is 0.493 e. The van der Waals surface area contributed by atoms with Crippen molar-refractivity contribution < 1.29 is 4.74 Å². The molecular formula is C17H32OS2. The zero-order chi connectivity index (χ0) is 15.8. The Hall–Kier alpha value is -0.0200. The molecule has 0 aromatic rings. The van der Waals surface area contributed by atoms with Gasteiger partial charge in [0.15, 0.2) is 0 Å². The van der Waals surface area contributed by atoms with Crippen LogP contribution in [0.1, 0.15) is 60.8 Å². The molecule has 0 saturated heterocycles. The quantitative estimate of drug-likeness (QED) is 0.209. The number of ether oxygens (including phenoxy) is 1. The van der Waals surface area contributed by atoms with Crippen molar-refractivity contribution >= 4 is 21.6 Å². The third-order valence-electron chi connectivity index (χ3n) is 2.32. The third kappa shape index (κ3) is 14.4. The molecule has 0 aromatic heterocycles. The molecule has 0 bridgehead atoms. The summed E-state index contributed by atoms with van der Waals surface area (Å²) in [5.74, 6) is 3.10. The maximum Gasteiger partial charge on any atom is 0.100 e. The third-order valence-corrected chi connectivity index (χ3v) is 4.73. The topological polar surface area (TPSA) is 9.23 Å². The Morgan fingerprint density at radius 1 is 0.900 bits per heavy atom. The molecule has 0 amide bonds. The van der Waals surface area contributed by atoms with Gasteiger partial charge in [-0.2, -0.15) is 0 Å². The summed E-state index contributed by atoms with van der Waals surface area (Å²) < 4.78 is 5.71. The highest BCUT2D eigenvalue weighted by atomic mass is 33.1. The van der Waals surface area contributed by atoms with Crippen molar-refractivity contribution in [3.8, 4) is 0 Å². The summed E-state index contributed by atoms with van der Waals surface area (Å²) in [5, 5.41) is 0. The van der Waals surface area contributed by atoms with Crippen LogP contribution in [0.25, 0.3) is 0 Å². The molecule has 0 aliphatic rings. The predicted octanol–water partition coefficient (Wildman–Crippen LogP) is 6.47. The van der Waals surface area contributed by atoms with Crippen LogP contribution < -0.4 is 0 Å². The second-order valence-corrected chi connectivity index (χ2v) is 10.1. The summed E-state index contributed by atoms with van der Waals surface area (Å²) in [7, 11) is 3.83. The van der Waals surface area contributed by atoms with Crippen LogP contribution in [0.5, 0.6) is 0 Å². The lowest BCUT2D eigenvalue weighted by atomic mass is 9.88. The van der Waals surface area contributed by atoms with Gasteiger partial charge in [-0.25, -0.2) is 0 Å². The minimum atomic E-state index is -0.125. The Labute approximate surface area is 134 Å². The highest BCUT2D eigenvalue weighted by Crippen LogP contribution is 2.29. The van der Waals surface area contributed by atoms with Crippen molar-refractivity contribution in [1.82, 2.24) is 0 Å². The molecule has 0 atom stereocenters. The van der Waals surface area contributed by atoms with Crippen molar-refractivity contribution in [2.24, 2.45) is 5.41 Å². The molecule has 1 nitrogen and oxygen atoms in total. The minimum absolute atomic E-state index is 0.125. The Kier molecular flexibility index (Phi) is 9.08. The van der Waals surface area contributed by atoms with Gasteiger partial charge in [0.2, 0.25) is 0 Å². The Morgan fingerprint density at radius 3 is 1.85 bits per heavy atom. The summed E-state index contributed by atoms with van der Waals surface area (Å²) in [6.07, 6.45) is 3.17. The number of rotatable bonds is 9. The van der Waals surface area contributed by atoms with Gasteiger partial charge in [0.25, 0.3) is 0 Å². The predicted molar refractivity (Wildman–Crippen MR) is 97.3 cm³/mol. The Balaban J connectivity index is 3.54. The molecule has 118 valence electrons. The molecule has 0 unspecified atom stereocenters. The first-order valence-electron chi connectivity index (χ1n) is 7.27. The van der Waals surface area contributed by atoms with Crippen molar-refractivity contribution in [3.63, 3.8) is 0 Å². The number of hydrogen-bond donors (Lipinski definition) is 0.